The van der Waals surface area contributed by atoms with Gasteiger partial charge in [-0.15, -0.1) is 0 Å². The summed E-state index contributed by atoms with van der Waals surface area (Å²) in [5, 5.41) is 3.40. The Labute approximate surface area is 114 Å². The molecule has 1 heterocycles. The van der Waals surface area contributed by atoms with Gasteiger partial charge in [-0.2, -0.15) is 0 Å². The maximum absolute atomic E-state index is 5.43. The number of fused-ring (bicyclic) bond motifs is 1. The molecule has 2 aromatic rings. The molecule has 1 aliphatic rings. The van der Waals surface area contributed by atoms with Gasteiger partial charge in [0.15, 0.2) is 0 Å². The fourth-order valence-corrected chi connectivity index (χ4v) is 2.09. The Morgan fingerprint density at radius 1 is 1.11 bits per heavy atom. The highest BCUT2D eigenvalue weighted by Crippen LogP contribution is 2.24. The lowest BCUT2D eigenvalue weighted by atomic mass is 10.1. The lowest BCUT2D eigenvalue weighted by molar-refractivity contribution is 0.415. The summed E-state index contributed by atoms with van der Waals surface area (Å²) in [4.78, 5) is 0. The maximum atomic E-state index is 5.43. The number of anilines is 2. The predicted molar refractivity (Wildman–Crippen MR) is 80.6 cm³/mol. The zero-order valence-electron chi connectivity index (χ0n) is 11.4. The van der Waals surface area contributed by atoms with Crippen molar-refractivity contribution in [2.75, 3.05) is 18.2 Å². The molecule has 2 aromatic carbocycles. The molecular formula is C16H20N2O. The van der Waals surface area contributed by atoms with Crippen molar-refractivity contribution in [2.45, 2.75) is 19.4 Å². The molecule has 0 saturated carbocycles. The monoisotopic (exact) mass is 256 g/mol. The number of nitrogens with two attached hydrogens (primary N) is 1. The number of nitrogen functional groups attached to an aromatic ring is 1. The molecule has 0 fully saturated rings. The molecule has 0 spiro atoms. The largest absolute Gasteiger partial charge is 0.497 e. The van der Waals surface area contributed by atoms with Gasteiger partial charge in [-0.3, -0.25) is 0 Å². The summed E-state index contributed by atoms with van der Waals surface area (Å²) in [6.45, 7) is 2.21. The Kier molecular flexibility index (Phi) is 4.29. The third-order valence-electron chi connectivity index (χ3n) is 3.06. The summed E-state index contributed by atoms with van der Waals surface area (Å²) < 4.78 is 4.91. The van der Waals surface area contributed by atoms with Gasteiger partial charge in [-0.1, -0.05) is 18.2 Å². The molecule has 1 aliphatic heterocycles. The van der Waals surface area contributed by atoms with Crippen molar-refractivity contribution in [2.24, 2.45) is 0 Å². The Morgan fingerprint density at radius 2 is 1.79 bits per heavy atom. The average Bonchev–Trinajstić information content (AvgIpc) is 2.80. The van der Waals surface area contributed by atoms with E-state index in [4.69, 9.17) is 10.5 Å². The molecule has 0 aliphatic carbocycles. The van der Waals surface area contributed by atoms with E-state index in [0.29, 0.717) is 6.04 Å². The molecule has 3 N–H and O–H groups in total. The minimum atomic E-state index is 0.623. The number of methoxy groups -OCH3 is 1. The molecule has 0 aromatic heterocycles. The van der Waals surface area contributed by atoms with Crippen LogP contribution in [0.1, 0.15) is 12.5 Å². The van der Waals surface area contributed by atoms with Gasteiger partial charge >= 0.3 is 0 Å². The van der Waals surface area contributed by atoms with Crippen LogP contribution >= 0.6 is 0 Å². The third kappa shape index (κ3) is 3.65. The topological polar surface area (TPSA) is 47.3 Å². The van der Waals surface area contributed by atoms with Crippen molar-refractivity contribution < 1.29 is 4.74 Å². The van der Waals surface area contributed by atoms with Crippen LogP contribution in [0.15, 0.2) is 48.5 Å². The Balaban J connectivity index is 0.000000141. The van der Waals surface area contributed by atoms with E-state index in [-0.39, 0.29) is 0 Å². The van der Waals surface area contributed by atoms with Crippen LogP contribution in [0, 0.1) is 0 Å². The molecule has 1 unspecified atom stereocenters. The van der Waals surface area contributed by atoms with E-state index in [1.165, 1.54) is 17.7 Å². The lowest BCUT2D eigenvalue weighted by Crippen LogP contribution is -2.08. The molecule has 0 saturated heterocycles. The number of rotatable bonds is 1. The summed E-state index contributed by atoms with van der Waals surface area (Å²) in [6, 6.07) is 16.4. The molecule has 1 atom stereocenters. The number of hydrogen-bond donors (Lipinski definition) is 2. The van der Waals surface area contributed by atoms with E-state index in [0.717, 1.165) is 11.4 Å². The van der Waals surface area contributed by atoms with Crippen LogP contribution < -0.4 is 15.8 Å². The Bertz CT molecular complexity index is 498. The van der Waals surface area contributed by atoms with Crippen molar-refractivity contribution >= 4 is 11.4 Å². The summed E-state index contributed by atoms with van der Waals surface area (Å²) in [5.74, 6) is 0.837. The molecule has 3 heteroatoms. The Hall–Kier alpha value is -2.16. The minimum Gasteiger partial charge on any atom is -0.497 e. The maximum Gasteiger partial charge on any atom is 0.119 e. The fourth-order valence-electron chi connectivity index (χ4n) is 2.09. The summed E-state index contributed by atoms with van der Waals surface area (Å²) in [6.07, 6.45) is 1.18. The zero-order valence-corrected chi connectivity index (χ0v) is 11.4. The van der Waals surface area contributed by atoms with Crippen molar-refractivity contribution in [3.05, 3.63) is 54.1 Å². The van der Waals surface area contributed by atoms with Gasteiger partial charge in [0.25, 0.3) is 0 Å². The molecule has 3 rings (SSSR count). The first-order chi connectivity index (χ1) is 9.19. The second-order valence-corrected chi connectivity index (χ2v) is 4.68. The highest BCUT2D eigenvalue weighted by Gasteiger charge is 2.14. The van der Waals surface area contributed by atoms with E-state index in [1.54, 1.807) is 19.2 Å². The molecule has 3 nitrogen and oxygen atoms in total. The molecule has 100 valence electrons. The molecule has 0 amide bonds. The smallest absolute Gasteiger partial charge is 0.119 e. The van der Waals surface area contributed by atoms with Crippen molar-refractivity contribution in [3.63, 3.8) is 0 Å². The van der Waals surface area contributed by atoms with Crippen molar-refractivity contribution in [1.29, 1.82) is 0 Å². The Morgan fingerprint density at radius 3 is 2.42 bits per heavy atom. The van der Waals surface area contributed by atoms with Gasteiger partial charge in [-0.25, -0.2) is 0 Å². The SMILES string of the molecule is CC1Cc2ccccc2N1.COc1ccc(N)cc1. The van der Waals surface area contributed by atoms with Crippen LogP contribution in [-0.4, -0.2) is 13.2 Å². The van der Waals surface area contributed by atoms with Crippen LogP contribution in [0.5, 0.6) is 5.75 Å². The highest BCUT2D eigenvalue weighted by atomic mass is 16.5. The second-order valence-electron chi connectivity index (χ2n) is 4.68. The predicted octanol–water partition coefficient (Wildman–Crippen LogP) is 3.32. The normalized spacial score (nSPS) is 15.8. The number of ether oxygens (including phenoxy) is 1. The summed E-state index contributed by atoms with van der Waals surface area (Å²) >= 11 is 0. The van der Waals surface area contributed by atoms with Gasteiger partial charge < -0.3 is 15.8 Å². The number of para-hydroxylation sites is 1. The van der Waals surface area contributed by atoms with Crippen LogP contribution in [-0.2, 0) is 6.42 Å². The molecule has 0 bridgehead atoms. The van der Waals surface area contributed by atoms with Gasteiger partial charge in [0.1, 0.15) is 5.75 Å². The quantitative estimate of drug-likeness (QED) is 0.769. The van der Waals surface area contributed by atoms with E-state index >= 15 is 0 Å². The third-order valence-corrected chi connectivity index (χ3v) is 3.06. The van der Waals surface area contributed by atoms with Crippen LogP contribution in [0.25, 0.3) is 0 Å². The minimum absolute atomic E-state index is 0.623. The van der Waals surface area contributed by atoms with E-state index in [1.807, 2.05) is 12.1 Å². The second kappa shape index (κ2) is 6.14. The number of nitrogens with one attached hydrogen (secondary N) is 1. The van der Waals surface area contributed by atoms with Crippen LogP contribution in [0.2, 0.25) is 0 Å². The van der Waals surface area contributed by atoms with E-state index in [2.05, 4.69) is 36.5 Å². The van der Waals surface area contributed by atoms with Gasteiger partial charge in [0.2, 0.25) is 0 Å². The molecular weight excluding hydrogens is 236 g/mol. The summed E-state index contributed by atoms with van der Waals surface area (Å²) in [7, 11) is 1.63. The zero-order chi connectivity index (χ0) is 13.7. The number of hydrogen-bond acceptors (Lipinski definition) is 3. The highest BCUT2D eigenvalue weighted by molar-refractivity contribution is 5.56. The standard InChI is InChI=1S/C9H11N.C7H9NO/c1-7-6-8-4-2-3-5-9(8)10-7;1-9-7-4-2-6(8)3-5-7/h2-5,7,10H,6H2,1H3;2-5H,8H2,1H3. The van der Waals surface area contributed by atoms with Crippen LogP contribution in [0.3, 0.4) is 0 Å². The van der Waals surface area contributed by atoms with Crippen molar-refractivity contribution in [1.82, 2.24) is 0 Å². The summed E-state index contributed by atoms with van der Waals surface area (Å²) in [5.41, 5.74) is 8.95. The van der Waals surface area contributed by atoms with Gasteiger partial charge in [0, 0.05) is 17.4 Å². The molecule has 0 radical (unpaired) electrons. The average molecular weight is 256 g/mol. The van der Waals surface area contributed by atoms with Crippen LogP contribution in [0.4, 0.5) is 11.4 Å². The van der Waals surface area contributed by atoms with E-state index in [9.17, 15) is 0 Å². The van der Waals surface area contributed by atoms with Crippen molar-refractivity contribution in [3.8, 4) is 5.75 Å². The first kappa shape index (κ1) is 13.3. The van der Waals surface area contributed by atoms with E-state index < -0.39 is 0 Å². The fraction of sp³-hybridized carbons (Fsp3) is 0.250. The molecule has 19 heavy (non-hydrogen) atoms. The van der Waals surface area contributed by atoms with Gasteiger partial charge in [0.05, 0.1) is 7.11 Å². The number of benzene rings is 2. The first-order valence-electron chi connectivity index (χ1n) is 6.43. The first-order valence-corrected chi connectivity index (χ1v) is 6.43. The van der Waals surface area contributed by atoms with Gasteiger partial charge in [-0.05, 0) is 49.2 Å². The lowest BCUT2D eigenvalue weighted by Gasteiger charge is -2.00.